The summed E-state index contributed by atoms with van der Waals surface area (Å²) in [7, 11) is 1.59. The number of nitrogens with zero attached hydrogens (tertiary/aromatic N) is 1. The Morgan fingerprint density at radius 3 is 2.78 bits per heavy atom. The maximum absolute atomic E-state index is 5.95. The van der Waals surface area contributed by atoms with E-state index in [2.05, 4.69) is 10.3 Å². The molecule has 0 bridgehead atoms. The Balaban J connectivity index is 2.10. The summed E-state index contributed by atoms with van der Waals surface area (Å²) >= 11 is 0. The number of oxazole rings is 1. The number of ether oxygens (including phenoxy) is 1. The second-order valence-electron chi connectivity index (χ2n) is 4.02. The van der Waals surface area contributed by atoms with E-state index in [1.165, 1.54) is 0 Å². The molecule has 0 radical (unpaired) electrons. The van der Waals surface area contributed by atoms with Crippen LogP contribution in [-0.2, 0) is 6.54 Å². The highest BCUT2D eigenvalue weighted by Gasteiger charge is 2.08. The number of methoxy groups -OCH3 is 1. The topological polar surface area (TPSA) is 73.3 Å². The number of hydrogen-bond acceptors (Lipinski definition) is 5. The zero-order chi connectivity index (χ0) is 13.1. The fourth-order valence-electron chi connectivity index (χ4n) is 1.66. The number of nitrogens with one attached hydrogen (secondary N) is 1. The van der Waals surface area contributed by atoms with Gasteiger partial charge in [-0.25, -0.2) is 4.98 Å². The van der Waals surface area contributed by atoms with Gasteiger partial charge in [-0.1, -0.05) is 6.07 Å². The van der Waals surface area contributed by atoms with Crippen LogP contribution in [-0.4, -0.2) is 12.1 Å². The maximum atomic E-state index is 5.95. The van der Waals surface area contributed by atoms with Crippen molar-refractivity contribution in [3.05, 3.63) is 35.5 Å². The Bertz CT molecular complexity index is 530. The number of nitrogens with two attached hydrogens (primary N) is 1. The van der Waals surface area contributed by atoms with Crippen LogP contribution in [0.4, 0.5) is 11.4 Å². The predicted octanol–water partition coefficient (Wildman–Crippen LogP) is 2.49. The summed E-state index contributed by atoms with van der Waals surface area (Å²) in [5, 5.41) is 3.18. The van der Waals surface area contributed by atoms with Crippen LogP contribution in [0.1, 0.15) is 17.3 Å². The molecule has 96 valence electrons. The van der Waals surface area contributed by atoms with Gasteiger partial charge in [0, 0.05) is 0 Å². The summed E-state index contributed by atoms with van der Waals surface area (Å²) < 4.78 is 10.6. The average molecular weight is 247 g/mol. The van der Waals surface area contributed by atoms with Crippen LogP contribution in [0.5, 0.6) is 5.75 Å². The van der Waals surface area contributed by atoms with E-state index in [0.29, 0.717) is 23.9 Å². The first-order chi connectivity index (χ1) is 8.61. The first-order valence-electron chi connectivity index (χ1n) is 5.71. The third kappa shape index (κ3) is 2.40. The molecule has 1 heterocycles. The molecule has 5 nitrogen and oxygen atoms in total. The van der Waals surface area contributed by atoms with Gasteiger partial charge in [-0.05, 0) is 26.0 Å². The van der Waals surface area contributed by atoms with Gasteiger partial charge in [0.15, 0.2) is 0 Å². The number of hydrogen-bond donors (Lipinski definition) is 2. The van der Waals surface area contributed by atoms with Crippen LogP contribution < -0.4 is 15.8 Å². The number of aromatic nitrogens is 1. The van der Waals surface area contributed by atoms with E-state index in [4.69, 9.17) is 14.9 Å². The van der Waals surface area contributed by atoms with Crippen molar-refractivity contribution in [2.45, 2.75) is 20.4 Å². The van der Waals surface area contributed by atoms with Gasteiger partial charge in [0.25, 0.3) is 0 Å². The van der Waals surface area contributed by atoms with Crippen molar-refractivity contribution in [1.29, 1.82) is 0 Å². The van der Waals surface area contributed by atoms with E-state index >= 15 is 0 Å². The molecule has 0 fully saturated rings. The van der Waals surface area contributed by atoms with Crippen molar-refractivity contribution in [3.63, 3.8) is 0 Å². The maximum Gasteiger partial charge on any atom is 0.213 e. The average Bonchev–Trinajstić information content (AvgIpc) is 2.67. The van der Waals surface area contributed by atoms with E-state index in [1.54, 1.807) is 7.11 Å². The monoisotopic (exact) mass is 247 g/mol. The molecule has 0 aliphatic rings. The van der Waals surface area contributed by atoms with E-state index in [9.17, 15) is 0 Å². The summed E-state index contributed by atoms with van der Waals surface area (Å²) in [5.74, 6) is 2.14. The fourth-order valence-corrected chi connectivity index (χ4v) is 1.66. The Morgan fingerprint density at radius 1 is 1.39 bits per heavy atom. The van der Waals surface area contributed by atoms with Gasteiger partial charge in [0.05, 0.1) is 30.7 Å². The van der Waals surface area contributed by atoms with Crippen LogP contribution in [0, 0.1) is 13.8 Å². The fraction of sp³-hybridized carbons (Fsp3) is 0.308. The Hall–Kier alpha value is -2.17. The smallest absolute Gasteiger partial charge is 0.213 e. The molecule has 2 aromatic rings. The molecule has 0 amide bonds. The predicted molar refractivity (Wildman–Crippen MR) is 70.7 cm³/mol. The van der Waals surface area contributed by atoms with Crippen molar-refractivity contribution in [3.8, 4) is 5.75 Å². The molecule has 18 heavy (non-hydrogen) atoms. The first-order valence-corrected chi connectivity index (χ1v) is 5.71. The molecule has 0 saturated carbocycles. The van der Waals surface area contributed by atoms with Crippen LogP contribution in [0.3, 0.4) is 0 Å². The first kappa shape index (κ1) is 12.3. The number of nitrogen functional groups attached to an aromatic ring is 1. The summed E-state index contributed by atoms with van der Waals surface area (Å²) in [6.45, 7) is 4.31. The third-order valence-corrected chi connectivity index (χ3v) is 2.79. The molecule has 0 spiro atoms. The molecular formula is C13H17N3O2. The number of para-hydroxylation sites is 1. The van der Waals surface area contributed by atoms with E-state index in [-0.39, 0.29) is 0 Å². The molecule has 0 aliphatic heterocycles. The number of anilines is 2. The van der Waals surface area contributed by atoms with Gasteiger partial charge in [0.2, 0.25) is 5.89 Å². The zero-order valence-electron chi connectivity index (χ0n) is 10.8. The van der Waals surface area contributed by atoms with Gasteiger partial charge < -0.3 is 20.2 Å². The van der Waals surface area contributed by atoms with Gasteiger partial charge in [-0.2, -0.15) is 0 Å². The van der Waals surface area contributed by atoms with Crippen molar-refractivity contribution < 1.29 is 9.15 Å². The van der Waals surface area contributed by atoms with Crippen LogP contribution >= 0.6 is 0 Å². The molecule has 0 aliphatic carbocycles. The van der Waals surface area contributed by atoms with Gasteiger partial charge >= 0.3 is 0 Å². The lowest BCUT2D eigenvalue weighted by Gasteiger charge is -2.10. The van der Waals surface area contributed by atoms with Crippen LogP contribution in [0.15, 0.2) is 22.6 Å². The Morgan fingerprint density at radius 2 is 2.17 bits per heavy atom. The number of benzene rings is 1. The summed E-state index contributed by atoms with van der Waals surface area (Å²) in [4.78, 5) is 4.30. The minimum Gasteiger partial charge on any atom is -0.495 e. The molecule has 0 atom stereocenters. The lowest BCUT2D eigenvalue weighted by molar-refractivity contribution is 0.417. The highest BCUT2D eigenvalue weighted by Crippen LogP contribution is 2.29. The molecule has 3 N–H and O–H groups in total. The molecule has 1 aromatic heterocycles. The molecular weight excluding hydrogens is 230 g/mol. The van der Waals surface area contributed by atoms with Crippen molar-refractivity contribution in [2.24, 2.45) is 0 Å². The van der Waals surface area contributed by atoms with Gasteiger partial charge in [0.1, 0.15) is 11.5 Å². The van der Waals surface area contributed by atoms with Crippen molar-refractivity contribution >= 4 is 11.4 Å². The molecule has 5 heteroatoms. The van der Waals surface area contributed by atoms with E-state index < -0.39 is 0 Å². The third-order valence-electron chi connectivity index (χ3n) is 2.79. The summed E-state index contributed by atoms with van der Waals surface area (Å²) in [6.07, 6.45) is 0. The summed E-state index contributed by atoms with van der Waals surface area (Å²) in [6, 6.07) is 5.59. The lowest BCUT2D eigenvalue weighted by atomic mass is 10.2. The highest BCUT2D eigenvalue weighted by atomic mass is 16.5. The molecule has 0 unspecified atom stereocenters. The van der Waals surface area contributed by atoms with E-state index in [1.807, 2.05) is 32.0 Å². The molecule has 2 rings (SSSR count). The lowest BCUT2D eigenvalue weighted by Crippen LogP contribution is -2.04. The second-order valence-corrected chi connectivity index (χ2v) is 4.02. The minimum atomic E-state index is 0.492. The summed E-state index contributed by atoms with van der Waals surface area (Å²) in [5.41, 5.74) is 8.25. The zero-order valence-corrected chi connectivity index (χ0v) is 10.8. The SMILES string of the molecule is COc1cccc(NCc2nc(C)c(C)o2)c1N. The molecule has 0 saturated heterocycles. The normalized spacial score (nSPS) is 10.4. The number of rotatable bonds is 4. The van der Waals surface area contributed by atoms with Crippen LogP contribution in [0.25, 0.3) is 0 Å². The van der Waals surface area contributed by atoms with Gasteiger partial charge in [-0.15, -0.1) is 0 Å². The largest absolute Gasteiger partial charge is 0.495 e. The van der Waals surface area contributed by atoms with E-state index in [0.717, 1.165) is 17.1 Å². The Labute approximate surface area is 106 Å². The van der Waals surface area contributed by atoms with Crippen LogP contribution in [0.2, 0.25) is 0 Å². The van der Waals surface area contributed by atoms with Gasteiger partial charge in [-0.3, -0.25) is 0 Å². The highest BCUT2D eigenvalue weighted by molar-refractivity contribution is 5.72. The minimum absolute atomic E-state index is 0.492. The van der Waals surface area contributed by atoms with Crippen molar-refractivity contribution in [2.75, 3.05) is 18.2 Å². The standard InChI is InChI=1S/C13H17N3O2/c1-8-9(2)18-12(16-8)7-15-10-5-4-6-11(17-3)13(10)14/h4-6,15H,7,14H2,1-3H3. The number of aryl methyl sites for hydroxylation is 2. The second kappa shape index (κ2) is 5.00. The van der Waals surface area contributed by atoms with Crippen molar-refractivity contribution in [1.82, 2.24) is 4.98 Å². The quantitative estimate of drug-likeness (QED) is 0.812. The molecule has 1 aromatic carbocycles. The Kier molecular flexibility index (Phi) is 3.41.